The van der Waals surface area contributed by atoms with Gasteiger partial charge >= 0.3 is 0 Å². The molecule has 72 heavy (non-hydrogen) atoms. The summed E-state index contributed by atoms with van der Waals surface area (Å²) in [5.41, 5.74) is 5.55. The van der Waals surface area contributed by atoms with E-state index in [1.54, 1.807) is 6.33 Å². The topological polar surface area (TPSA) is 220 Å². The van der Waals surface area contributed by atoms with Gasteiger partial charge in [-0.2, -0.15) is 44.6 Å². The first kappa shape index (κ1) is 53.5. The zero-order valence-corrected chi connectivity index (χ0v) is 42.9. The zero-order chi connectivity index (χ0) is 49.8. The van der Waals surface area contributed by atoms with Gasteiger partial charge in [0.15, 0.2) is 0 Å². The third kappa shape index (κ3) is 9.45. The van der Waals surface area contributed by atoms with Crippen LogP contribution in [0.5, 0.6) is 0 Å². The molecule has 0 saturated carbocycles. The summed E-state index contributed by atoms with van der Waals surface area (Å²) < 4.78 is 68.0. The number of benzene rings is 2. The molecule has 22 heteroatoms. The Labute approximate surface area is 423 Å². The van der Waals surface area contributed by atoms with E-state index in [4.69, 9.17) is 4.74 Å². The summed E-state index contributed by atoms with van der Waals surface area (Å²) in [7, 11) is -2.21. The molecule has 0 amide bonds. The van der Waals surface area contributed by atoms with Gasteiger partial charge in [-0.05, 0) is 30.3 Å². The maximum Gasteiger partial charge on any atom is 0.281 e. The van der Waals surface area contributed by atoms with Crippen LogP contribution in [-0.2, 0) is 43.0 Å². The molecule has 0 aliphatic carbocycles. The van der Waals surface area contributed by atoms with Crippen LogP contribution in [0, 0.1) is 22.7 Å². The Balaban J connectivity index is 0.000000210. The fraction of sp³-hybridized carbons (Fsp3) is 0.400. The van der Waals surface area contributed by atoms with Crippen LogP contribution in [0.4, 0.5) is 0 Å². The van der Waals surface area contributed by atoms with Crippen LogP contribution in [0.1, 0.15) is 27.7 Å². The van der Waals surface area contributed by atoms with Crippen LogP contribution in [0.2, 0.25) is 25.7 Å². The van der Waals surface area contributed by atoms with Gasteiger partial charge in [0.05, 0.1) is 47.4 Å². The van der Waals surface area contributed by atoms with Crippen molar-refractivity contribution in [2.24, 2.45) is 0 Å². The van der Waals surface area contributed by atoms with Crippen molar-refractivity contribution < 1.29 is 21.6 Å². The third-order valence-corrected chi connectivity index (χ3v) is 18.7. The van der Waals surface area contributed by atoms with E-state index in [2.05, 4.69) is 65.8 Å². The van der Waals surface area contributed by atoms with Crippen molar-refractivity contribution in [3.05, 3.63) is 98.1 Å². The van der Waals surface area contributed by atoms with Gasteiger partial charge in [-0.15, -0.1) is 0 Å². The standard InChI is InChI=1S/C27H35N7O3SSi.C21H21N7O2S.2CH4/c1-31(2)38(35,36)33-17-27(18-33,11-12-28)34-16-23(21-8-6-7-9-24(21)34)25-22-10-13-32(26(22)30-19-29-25)20-37-14-15-39(3,4)5;1-26(2)31(29,30)27-12-21(13-27,8-9-22)28-11-17(15-5-3-4-6-18(15)28)19-16-7-10-23-20(16)25-14-24-19;;/h6-10,13,16,19H,11,14-15,17-18,20H2,1-5H3;3-7,10-11,14H,8,12-13H2,1-2H3,(H,23,24,25);2*1H4. The SMILES string of the molecule is C.C.CN(C)S(=O)(=O)N1CC(CC#N)(n2cc(-c3ncnc4[nH]ccc34)c3ccccc32)C1.CN(C)S(=O)(=O)N1CC(CC#N)(n2cc(-c3ncnc4c3ccn4COCC[Si](C)(C)C)c3ccccc32)C1. The smallest absolute Gasteiger partial charge is 0.281 e. The van der Waals surface area contributed by atoms with Gasteiger partial charge in [0.2, 0.25) is 0 Å². The van der Waals surface area contributed by atoms with Crippen LogP contribution in [0.3, 0.4) is 0 Å². The minimum Gasteiger partial charge on any atom is -0.361 e. The molecule has 0 radical (unpaired) electrons. The molecule has 380 valence electrons. The highest BCUT2D eigenvalue weighted by molar-refractivity contribution is 7.87. The van der Waals surface area contributed by atoms with Crippen LogP contribution in [-0.4, -0.2) is 142 Å². The Kier molecular flexibility index (Phi) is 15.1. The second-order valence-electron chi connectivity index (χ2n) is 19.7. The summed E-state index contributed by atoms with van der Waals surface area (Å²) >= 11 is 0. The number of nitriles is 2. The van der Waals surface area contributed by atoms with E-state index in [0.29, 0.717) is 6.73 Å². The second kappa shape index (κ2) is 20.3. The average molecular weight is 1030 g/mol. The first-order valence-corrected chi connectivity index (χ1v) is 29.3. The molecule has 8 heterocycles. The number of hydrogen-bond acceptors (Lipinski definition) is 11. The minimum atomic E-state index is -3.57. The molecular weight excluding hydrogens is 969 g/mol. The third-order valence-electron chi connectivity index (χ3n) is 13.4. The molecule has 0 unspecified atom stereocenters. The van der Waals surface area contributed by atoms with Crippen molar-refractivity contribution in [3.63, 3.8) is 0 Å². The summed E-state index contributed by atoms with van der Waals surface area (Å²) in [6, 6.07) is 25.5. The highest BCUT2D eigenvalue weighted by Gasteiger charge is 2.52. The number of para-hydroxylation sites is 2. The van der Waals surface area contributed by atoms with Gasteiger partial charge in [-0.3, -0.25) is 0 Å². The molecule has 2 aromatic carbocycles. The Bertz CT molecular complexity index is 3570. The number of rotatable bonds is 15. The van der Waals surface area contributed by atoms with Crippen molar-refractivity contribution in [2.45, 2.75) is 71.2 Å². The molecular formula is C50H64N14O5S2Si. The predicted octanol–water partition coefficient (Wildman–Crippen LogP) is 7.68. The Morgan fingerprint density at radius 1 is 0.681 bits per heavy atom. The summed E-state index contributed by atoms with van der Waals surface area (Å²) in [5, 5.41) is 23.1. The Morgan fingerprint density at radius 3 is 1.65 bits per heavy atom. The highest BCUT2D eigenvalue weighted by Crippen LogP contribution is 2.44. The quantitative estimate of drug-likeness (QED) is 0.0775. The molecule has 0 spiro atoms. The van der Waals surface area contributed by atoms with Crippen LogP contribution < -0.4 is 0 Å². The molecule has 10 rings (SSSR count). The van der Waals surface area contributed by atoms with Gasteiger partial charge in [0, 0.05) is 138 Å². The number of nitrogens with zero attached hydrogens (tertiary/aromatic N) is 13. The van der Waals surface area contributed by atoms with E-state index >= 15 is 0 Å². The fourth-order valence-corrected chi connectivity index (χ4v) is 12.8. The highest BCUT2D eigenvalue weighted by atomic mass is 32.2. The summed E-state index contributed by atoms with van der Waals surface area (Å²) in [4.78, 5) is 21.2. The summed E-state index contributed by atoms with van der Waals surface area (Å²) in [6.45, 7) is 9.08. The number of hydrogen-bond donors (Lipinski definition) is 1. The van der Waals surface area contributed by atoms with Crippen molar-refractivity contribution in [1.82, 2.24) is 55.8 Å². The van der Waals surface area contributed by atoms with Gasteiger partial charge in [0.25, 0.3) is 20.4 Å². The monoisotopic (exact) mass is 1030 g/mol. The molecule has 0 atom stereocenters. The maximum absolute atomic E-state index is 12.8. The van der Waals surface area contributed by atoms with Crippen molar-refractivity contribution >= 4 is 72.4 Å². The molecule has 2 fully saturated rings. The molecule has 6 aromatic heterocycles. The van der Waals surface area contributed by atoms with Gasteiger partial charge in [-0.25, -0.2) is 19.9 Å². The lowest BCUT2D eigenvalue weighted by molar-refractivity contribution is 0.0843. The maximum atomic E-state index is 12.8. The van der Waals surface area contributed by atoms with E-state index in [-0.39, 0.29) is 53.9 Å². The summed E-state index contributed by atoms with van der Waals surface area (Å²) in [6.07, 6.45) is 11.3. The number of ether oxygens (including phenoxy) is 1. The number of fused-ring (bicyclic) bond motifs is 4. The molecule has 8 aromatic rings. The molecule has 0 bridgehead atoms. The van der Waals surface area contributed by atoms with Crippen molar-refractivity contribution in [3.8, 4) is 34.7 Å². The fourth-order valence-electron chi connectivity index (χ4n) is 9.47. The van der Waals surface area contributed by atoms with E-state index in [1.165, 1.54) is 51.7 Å². The largest absolute Gasteiger partial charge is 0.361 e. The van der Waals surface area contributed by atoms with Gasteiger partial charge in [0.1, 0.15) is 30.7 Å². The van der Waals surface area contributed by atoms with Gasteiger partial charge < -0.3 is 23.4 Å². The number of aromatic nitrogens is 8. The molecule has 2 saturated heterocycles. The molecule has 2 aliphatic rings. The van der Waals surface area contributed by atoms with Crippen molar-refractivity contribution in [2.75, 3.05) is 61.0 Å². The lowest BCUT2D eigenvalue weighted by atomic mass is 9.88. The second-order valence-corrected chi connectivity index (χ2v) is 29.6. The molecule has 2 aliphatic heterocycles. The lowest BCUT2D eigenvalue weighted by Crippen LogP contribution is -2.65. The molecule has 1 N–H and O–H groups in total. The minimum absolute atomic E-state index is 0. The average Bonchev–Trinajstić information content (AvgIpc) is 4.12. The number of aromatic amines is 1. The van der Waals surface area contributed by atoms with Gasteiger partial charge in [-0.1, -0.05) is 70.9 Å². The van der Waals surface area contributed by atoms with Crippen LogP contribution in [0.15, 0.2) is 98.1 Å². The van der Waals surface area contributed by atoms with E-state index in [1.807, 2.05) is 90.0 Å². The van der Waals surface area contributed by atoms with E-state index in [9.17, 15) is 27.4 Å². The first-order chi connectivity index (χ1) is 33.3. The van der Waals surface area contributed by atoms with Crippen LogP contribution in [0.25, 0.3) is 66.4 Å². The van der Waals surface area contributed by atoms with E-state index < -0.39 is 39.6 Å². The van der Waals surface area contributed by atoms with E-state index in [0.717, 1.165) is 79.0 Å². The normalized spacial score (nSPS) is 15.9. The van der Waals surface area contributed by atoms with Crippen molar-refractivity contribution in [1.29, 1.82) is 10.5 Å². The Morgan fingerprint density at radius 2 is 1.17 bits per heavy atom. The molecule has 19 nitrogen and oxygen atoms in total. The number of nitrogens with one attached hydrogen (secondary N) is 1. The lowest BCUT2D eigenvalue weighted by Gasteiger charge is -2.49. The predicted molar refractivity (Wildman–Crippen MR) is 286 cm³/mol. The zero-order valence-electron chi connectivity index (χ0n) is 40.3. The first-order valence-electron chi connectivity index (χ1n) is 22.8. The Hall–Kier alpha value is -6.34. The summed E-state index contributed by atoms with van der Waals surface area (Å²) in [5.74, 6) is 0. The number of H-pyrrole nitrogens is 1. The van der Waals surface area contributed by atoms with Crippen LogP contribution >= 0.6 is 0 Å².